The Morgan fingerprint density at radius 3 is 2.55 bits per heavy atom. The molecule has 29 heavy (non-hydrogen) atoms. The number of fused-ring (bicyclic) bond motifs is 1. The molecule has 0 radical (unpaired) electrons. The Morgan fingerprint density at radius 2 is 1.83 bits per heavy atom. The fourth-order valence-electron chi connectivity index (χ4n) is 4.08. The largest absolute Gasteiger partial charge is 0.494 e. The predicted molar refractivity (Wildman–Crippen MR) is 115 cm³/mol. The van der Waals surface area contributed by atoms with Crippen molar-refractivity contribution >= 4 is 0 Å². The highest BCUT2D eigenvalue weighted by molar-refractivity contribution is 5.70. The predicted octanol–water partition coefficient (Wildman–Crippen LogP) is 4.90. The van der Waals surface area contributed by atoms with E-state index < -0.39 is 0 Å². The van der Waals surface area contributed by atoms with Gasteiger partial charge in [-0.1, -0.05) is 12.1 Å². The van der Waals surface area contributed by atoms with E-state index in [9.17, 15) is 0 Å². The Hall–Kier alpha value is -2.66. The molecule has 0 N–H and O–H groups in total. The van der Waals surface area contributed by atoms with Gasteiger partial charge in [-0.05, 0) is 58.4 Å². The summed E-state index contributed by atoms with van der Waals surface area (Å²) in [5, 5.41) is 0. The van der Waals surface area contributed by atoms with E-state index in [1.165, 1.54) is 5.69 Å². The first-order valence-corrected chi connectivity index (χ1v) is 10.4. The molecule has 4 rings (SSSR count). The maximum atomic E-state index is 5.97. The van der Waals surface area contributed by atoms with Gasteiger partial charge < -0.3 is 14.0 Å². The Bertz CT molecular complexity index is 1020. The van der Waals surface area contributed by atoms with E-state index in [-0.39, 0.29) is 6.10 Å². The SMILES string of the molecule is CCOc1cc(-c2nc(-c3cc(C)nc(C)c3)c3n2C[C@@H](C)OCC3)ccc1C. The van der Waals surface area contributed by atoms with Gasteiger partial charge in [-0.3, -0.25) is 4.98 Å². The van der Waals surface area contributed by atoms with E-state index in [1.54, 1.807) is 0 Å². The Kier molecular flexibility index (Phi) is 5.41. The fourth-order valence-corrected chi connectivity index (χ4v) is 4.08. The second kappa shape index (κ2) is 7.99. The highest BCUT2D eigenvalue weighted by atomic mass is 16.5. The van der Waals surface area contributed by atoms with Crippen molar-refractivity contribution in [3.8, 4) is 28.4 Å². The molecule has 0 aliphatic carbocycles. The van der Waals surface area contributed by atoms with E-state index >= 15 is 0 Å². The van der Waals surface area contributed by atoms with E-state index in [0.717, 1.165) is 58.3 Å². The van der Waals surface area contributed by atoms with Crippen LogP contribution in [0.1, 0.15) is 36.5 Å². The third kappa shape index (κ3) is 3.92. The molecule has 5 heteroatoms. The number of imidazole rings is 1. The maximum absolute atomic E-state index is 5.97. The highest BCUT2D eigenvalue weighted by Crippen LogP contribution is 2.34. The third-order valence-corrected chi connectivity index (χ3v) is 5.35. The van der Waals surface area contributed by atoms with Gasteiger partial charge in [0, 0.05) is 34.6 Å². The topological polar surface area (TPSA) is 49.2 Å². The third-order valence-electron chi connectivity index (χ3n) is 5.35. The molecule has 2 aromatic heterocycles. The Morgan fingerprint density at radius 1 is 1.07 bits per heavy atom. The van der Waals surface area contributed by atoms with Gasteiger partial charge in [0.15, 0.2) is 0 Å². The van der Waals surface area contributed by atoms with Crippen molar-refractivity contribution in [2.75, 3.05) is 13.2 Å². The lowest BCUT2D eigenvalue weighted by molar-refractivity contribution is 0.0666. The van der Waals surface area contributed by atoms with E-state index in [4.69, 9.17) is 14.5 Å². The lowest BCUT2D eigenvalue weighted by Crippen LogP contribution is -2.15. The van der Waals surface area contributed by atoms with Crippen LogP contribution in [0.3, 0.4) is 0 Å². The van der Waals surface area contributed by atoms with Gasteiger partial charge in [-0.2, -0.15) is 0 Å². The number of aromatic nitrogens is 3. The van der Waals surface area contributed by atoms with Crippen LogP contribution in [0, 0.1) is 20.8 Å². The standard InChI is InChI=1S/C24H29N3O2/c1-6-28-22-13-19(8-7-15(22)2)24-26-23(20-11-16(3)25-17(4)12-20)21-9-10-29-18(5)14-27(21)24/h7-8,11-13,18H,6,9-10,14H2,1-5H3/t18-/m1/s1. The van der Waals surface area contributed by atoms with Gasteiger partial charge in [-0.25, -0.2) is 4.98 Å². The molecule has 0 fully saturated rings. The number of hydrogen-bond donors (Lipinski definition) is 0. The van der Waals surface area contributed by atoms with Gasteiger partial charge >= 0.3 is 0 Å². The molecule has 1 aliphatic heterocycles. The second-order valence-corrected chi connectivity index (χ2v) is 7.82. The number of rotatable bonds is 4. The molecule has 152 valence electrons. The molecular weight excluding hydrogens is 362 g/mol. The zero-order valence-corrected chi connectivity index (χ0v) is 18.0. The van der Waals surface area contributed by atoms with Crippen LogP contribution in [0.2, 0.25) is 0 Å². The number of pyridine rings is 1. The minimum absolute atomic E-state index is 0.148. The van der Waals surface area contributed by atoms with Crippen LogP contribution in [-0.2, 0) is 17.7 Å². The minimum atomic E-state index is 0.148. The van der Waals surface area contributed by atoms with Gasteiger partial charge in [0.1, 0.15) is 11.6 Å². The monoisotopic (exact) mass is 391 g/mol. The number of hydrogen-bond acceptors (Lipinski definition) is 4. The Balaban J connectivity index is 1.91. The van der Waals surface area contributed by atoms with Crippen LogP contribution in [0.25, 0.3) is 22.6 Å². The normalized spacial score (nSPS) is 16.4. The number of benzene rings is 1. The van der Waals surface area contributed by atoms with E-state index in [1.807, 2.05) is 20.8 Å². The molecule has 0 saturated heterocycles. The van der Waals surface area contributed by atoms with Crippen molar-refractivity contribution in [1.82, 2.24) is 14.5 Å². The van der Waals surface area contributed by atoms with Crippen LogP contribution in [0.15, 0.2) is 30.3 Å². The van der Waals surface area contributed by atoms with Crippen molar-refractivity contribution in [1.29, 1.82) is 0 Å². The zero-order chi connectivity index (χ0) is 20.5. The first-order chi connectivity index (χ1) is 14.0. The summed E-state index contributed by atoms with van der Waals surface area (Å²) in [6.07, 6.45) is 0.992. The molecule has 0 bridgehead atoms. The molecule has 0 unspecified atom stereocenters. The fraction of sp³-hybridized carbons (Fsp3) is 0.417. The molecule has 3 aromatic rings. The van der Waals surface area contributed by atoms with Crippen molar-refractivity contribution in [3.63, 3.8) is 0 Å². The number of nitrogens with zero attached hydrogens (tertiary/aromatic N) is 3. The Labute approximate surface area is 172 Å². The molecule has 1 aliphatic rings. The summed E-state index contributed by atoms with van der Waals surface area (Å²) >= 11 is 0. The maximum Gasteiger partial charge on any atom is 0.141 e. The average Bonchev–Trinajstić information content (AvgIpc) is 2.90. The summed E-state index contributed by atoms with van der Waals surface area (Å²) in [5.74, 6) is 1.89. The summed E-state index contributed by atoms with van der Waals surface area (Å²) < 4.78 is 14.1. The first kappa shape index (κ1) is 19.6. The van der Waals surface area contributed by atoms with Gasteiger partial charge in [0.25, 0.3) is 0 Å². The number of ether oxygens (including phenoxy) is 2. The van der Waals surface area contributed by atoms with Gasteiger partial charge in [-0.15, -0.1) is 0 Å². The zero-order valence-electron chi connectivity index (χ0n) is 18.0. The summed E-state index contributed by atoms with van der Waals surface area (Å²) in [6, 6.07) is 10.6. The quantitative estimate of drug-likeness (QED) is 0.635. The van der Waals surface area contributed by atoms with Gasteiger partial charge in [0.05, 0.1) is 31.6 Å². The van der Waals surface area contributed by atoms with E-state index in [2.05, 4.69) is 53.7 Å². The van der Waals surface area contributed by atoms with Crippen molar-refractivity contribution in [2.45, 2.75) is 53.7 Å². The van der Waals surface area contributed by atoms with Crippen LogP contribution in [0.4, 0.5) is 0 Å². The van der Waals surface area contributed by atoms with E-state index in [0.29, 0.717) is 13.2 Å². The van der Waals surface area contributed by atoms with Crippen molar-refractivity contribution in [2.24, 2.45) is 0 Å². The first-order valence-electron chi connectivity index (χ1n) is 10.4. The average molecular weight is 392 g/mol. The van der Waals surface area contributed by atoms with Crippen LogP contribution < -0.4 is 4.74 Å². The summed E-state index contributed by atoms with van der Waals surface area (Å²) in [4.78, 5) is 9.68. The summed E-state index contributed by atoms with van der Waals surface area (Å²) in [7, 11) is 0. The number of aryl methyl sites for hydroxylation is 3. The molecule has 3 heterocycles. The molecule has 0 spiro atoms. The van der Waals surface area contributed by atoms with Crippen molar-refractivity contribution < 1.29 is 9.47 Å². The van der Waals surface area contributed by atoms with Crippen molar-refractivity contribution in [3.05, 3.63) is 53.0 Å². The molecule has 1 atom stereocenters. The molecule has 0 amide bonds. The van der Waals surface area contributed by atoms with Gasteiger partial charge in [0.2, 0.25) is 0 Å². The molecule has 5 nitrogen and oxygen atoms in total. The van der Waals surface area contributed by atoms with Crippen LogP contribution >= 0.6 is 0 Å². The second-order valence-electron chi connectivity index (χ2n) is 7.82. The lowest BCUT2D eigenvalue weighted by Gasteiger charge is -2.14. The summed E-state index contributed by atoms with van der Waals surface area (Å²) in [6.45, 7) is 12.4. The molecule has 0 saturated carbocycles. The smallest absolute Gasteiger partial charge is 0.141 e. The lowest BCUT2D eigenvalue weighted by atomic mass is 10.1. The highest BCUT2D eigenvalue weighted by Gasteiger charge is 2.24. The van der Waals surface area contributed by atoms with Crippen LogP contribution in [0.5, 0.6) is 5.75 Å². The molecular formula is C24H29N3O2. The van der Waals surface area contributed by atoms with Crippen LogP contribution in [-0.4, -0.2) is 33.9 Å². The molecule has 1 aromatic carbocycles. The minimum Gasteiger partial charge on any atom is -0.494 e. The summed E-state index contributed by atoms with van der Waals surface area (Å²) in [5.41, 5.74) is 7.61.